The standard InChI is InChI=1S/C21H22ClN3O12S/c1-10(26)7-34-19(29)16(22)24-17(28)15(18(24)38-14(27)9-35-20(23)30)11(2)37-21(31)36-8-12-3-5-13(6-4-12)25(32)33/h3-6,11,15-16,18H,7-9H2,1-2H3,(H2,23,30)/t11?,15-,16?,18+/m0/s1. The number of alkyl halides is 1. The molecule has 2 unspecified atom stereocenters. The topological polar surface area (TPSA) is 212 Å². The molecule has 1 saturated heterocycles. The molecule has 206 valence electrons. The molecule has 1 aromatic rings. The van der Waals surface area contributed by atoms with Crippen molar-refractivity contribution in [3.05, 3.63) is 39.9 Å². The summed E-state index contributed by atoms with van der Waals surface area (Å²) in [5.41, 5.74) is 3.39. The Labute approximate surface area is 224 Å². The molecule has 1 aliphatic rings. The van der Waals surface area contributed by atoms with Crippen LogP contribution in [-0.2, 0) is 44.7 Å². The SMILES string of the molecule is CC(=O)COC(=O)C(Cl)N1C(=O)[C@H](C(C)OC(=O)OCc2ccc([N+](=O)[O-])cc2)[C@H]1SC(=O)COC(N)=O. The lowest BCUT2D eigenvalue weighted by molar-refractivity contribution is -0.384. The monoisotopic (exact) mass is 575 g/mol. The van der Waals surface area contributed by atoms with Crippen molar-refractivity contribution in [1.29, 1.82) is 0 Å². The summed E-state index contributed by atoms with van der Waals surface area (Å²) < 4.78 is 19.2. The summed E-state index contributed by atoms with van der Waals surface area (Å²) in [5.74, 6) is -3.56. The first kappa shape index (κ1) is 30.3. The van der Waals surface area contributed by atoms with Crippen LogP contribution in [0, 0.1) is 16.0 Å². The van der Waals surface area contributed by atoms with E-state index in [1.54, 1.807) is 0 Å². The molecule has 0 aromatic heterocycles. The van der Waals surface area contributed by atoms with E-state index in [4.69, 9.17) is 31.5 Å². The number of ketones is 1. The van der Waals surface area contributed by atoms with Crippen LogP contribution in [0.4, 0.5) is 15.3 Å². The summed E-state index contributed by atoms with van der Waals surface area (Å²) in [6.45, 7) is 0.872. The van der Waals surface area contributed by atoms with Crippen molar-refractivity contribution >= 4 is 64.1 Å². The van der Waals surface area contributed by atoms with E-state index in [-0.39, 0.29) is 12.3 Å². The normalized spacial score (nSPS) is 17.9. The van der Waals surface area contributed by atoms with E-state index in [9.17, 15) is 38.9 Å². The number of benzene rings is 1. The zero-order valence-electron chi connectivity index (χ0n) is 19.9. The van der Waals surface area contributed by atoms with E-state index in [0.717, 1.165) is 11.8 Å². The number of nitrogens with zero attached hydrogens (tertiary/aromatic N) is 2. The van der Waals surface area contributed by atoms with Gasteiger partial charge in [0, 0.05) is 12.1 Å². The molecule has 4 atom stereocenters. The number of rotatable bonds is 12. The Kier molecular flexibility index (Phi) is 10.8. The number of primary amides is 1. The number of nitro benzene ring substituents is 1. The van der Waals surface area contributed by atoms with E-state index < -0.39 is 76.1 Å². The maximum absolute atomic E-state index is 12.8. The van der Waals surface area contributed by atoms with Gasteiger partial charge in [-0.1, -0.05) is 23.4 Å². The second-order valence-corrected chi connectivity index (χ2v) is 9.28. The van der Waals surface area contributed by atoms with Gasteiger partial charge in [0.1, 0.15) is 30.6 Å². The van der Waals surface area contributed by atoms with Crippen LogP contribution in [0.5, 0.6) is 0 Å². The zero-order chi connectivity index (χ0) is 28.6. The highest BCUT2D eigenvalue weighted by atomic mass is 35.5. The highest BCUT2D eigenvalue weighted by molar-refractivity contribution is 8.14. The van der Waals surface area contributed by atoms with Gasteiger partial charge < -0.3 is 29.6 Å². The Balaban J connectivity index is 2.05. The molecular weight excluding hydrogens is 554 g/mol. The lowest BCUT2D eigenvalue weighted by atomic mass is 9.92. The number of carbonyl (C=O) groups is 6. The van der Waals surface area contributed by atoms with Gasteiger partial charge in [0.05, 0.1) is 4.92 Å². The van der Waals surface area contributed by atoms with Crippen molar-refractivity contribution in [3.8, 4) is 0 Å². The van der Waals surface area contributed by atoms with Crippen LogP contribution in [0.25, 0.3) is 0 Å². The van der Waals surface area contributed by atoms with Crippen LogP contribution in [0.3, 0.4) is 0 Å². The quantitative estimate of drug-likeness (QED) is 0.0712. The van der Waals surface area contributed by atoms with Crippen molar-refractivity contribution in [1.82, 2.24) is 4.90 Å². The third-order valence-electron chi connectivity index (χ3n) is 4.85. The molecule has 17 heteroatoms. The van der Waals surface area contributed by atoms with Gasteiger partial charge in [-0.15, -0.1) is 0 Å². The van der Waals surface area contributed by atoms with E-state index in [1.807, 2.05) is 0 Å². The summed E-state index contributed by atoms with van der Waals surface area (Å²) >= 11 is 6.53. The van der Waals surface area contributed by atoms with Gasteiger partial charge in [0.2, 0.25) is 16.5 Å². The van der Waals surface area contributed by atoms with Crippen LogP contribution in [-0.4, -0.2) is 75.0 Å². The molecule has 2 N–H and O–H groups in total. The molecule has 1 fully saturated rings. The second kappa shape index (κ2) is 13.6. The van der Waals surface area contributed by atoms with Crippen LogP contribution in [0.2, 0.25) is 0 Å². The number of carbonyl (C=O) groups excluding carboxylic acids is 6. The second-order valence-electron chi connectivity index (χ2n) is 7.69. The molecule has 15 nitrogen and oxygen atoms in total. The smallest absolute Gasteiger partial charge is 0.455 e. The van der Waals surface area contributed by atoms with Gasteiger partial charge in [-0.3, -0.25) is 24.5 Å². The Bertz CT molecular complexity index is 1120. The first-order chi connectivity index (χ1) is 17.8. The number of likely N-dealkylation sites (tertiary alicyclic amines) is 1. The first-order valence-electron chi connectivity index (χ1n) is 10.6. The number of nitrogens with two attached hydrogens (primary N) is 1. The number of halogens is 1. The maximum atomic E-state index is 12.8. The Morgan fingerprint density at radius 1 is 1.13 bits per heavy atom. The number of non-ortho nitro benzene ring substituents is 1. The third kappa shape index (κ3) is 8.31. The summed E-state index contributed by atoms with van der Waals surface area (Å²) in [5, 5.41) is 8.80. The van der Waals surface area contributed by atoms with Crippen LogP contribution in [0.15, 0.2) is 24.3 Å². The molecule has 0 radical (unpaired) electrons. The van der Waals surface area contributed by atoms with Gasteiger partial charge in [-0.05, 0) is 31.5 Å². The molecule has 1 heterocycles. The molecule has 0 spiro atoms. The number of esters is 1. The Morgan fingerprint density at radius 2 is 1.76 bits per heavy atom. The number of hydrogen-bond donors (Lipinski definition) is 1. The number of hydrogen-bond acceptors (Lipinski definition) is 13. The summed E-state index contributed by atoms with van der Waals surface area (Å²) in [6.07, 6.45) is -3.58. The van der Waals surface area contributed by atoms with E-state index >= 15 is 0 Å². The molecule has 0 saturated carbocycles. The van der Waals surface area contributed by atoms with Crippen LogP contribution < -0.4 is 5.73 Å². The van der Waals surface area contributed by atoms with E-state index in [0.29, 0.717) is 17.3 Å². The Morgan fingerprint density at radius 3 is 2.32 bits per heavy atom. The summed E-state index contributed by atoms with van der Waals surface area (Å²) in [7, 11) is 0. The highest BCUT2D eigenvalue weighted by Gasteiger charge is 2.56. The molecule has 38 heavy (non-hydrogen) atoms. The van der Waals surface area contributed by atoms with Crippen molar-refractivity contribution in [2.45, 2.75) is 37.4 Å². The van der Waals surface area contributed by atoms with Gasteiger partial charge in [0.15, 0.2) is 12.4 Å². The van der Waals surface area contributed by atoms with Crippen molar-refractivity contribution < 1.29 is 52.6 Å². The molecular formula is C21H22ClN3O12S. The third-order valence-corrected chi connectivity index (χ3v) is 6.38. The first-order valence-corrected chi connectivity index (χ1v) is 11.9. The highest BCUT2D eigenvalue weighted by Crippen LogP contribution is 2.41. The average molecular weight is 576 g/mol. The number of thioether (sulfide) groups is 1. The minimum atomic E-state index is -1.72. The molecule has 1 aliphatic heterocycles. The molecule has 0 aliphatic carbocycles. The minimum absolute atomic E-state index is 0.153. The van der Waals surface area contributed by atoms with Gasteiger partial charge in [-0.2, -0.15) is 0 Å². The predicted octanol–water partition coefficient (Wildman–Crippen LogP) is 1.47. The zero-order valence-corrected chi connectivity index (χ0v) is 21.5. The largest absolute Gasteiger partial charge is 0.508 e. The number of Topliss-reactive ketones (excluding diaryl/α,β-unsaturated/α-hetero) is 1. The predicted molar refractivity (Wildman–Crippen MR) is 127 cm³/mol. The van der Waals surface area contributed by atoms with Crippen molar-refractivity contribution in [2.75, 3.05) is 13.2 Å². The lowest BCUT2D eigenvalue weighted by Gasteiger charge is -2.48. The van der Waals surface area contributed by atoms with Crippen molar-refractivity contribution in [2.24, 2.45) is 11.7 Å². The van der Waals surface area contributed by atoms with Crippen LogP contribution in [0.1, 0.15) is 19.4 Å². The van der Waals surface area contributed by atoms with E-state index in [2.05, 4.69) is 4.74 Å². The molecule has 2 rings (SSSR count). The average Bonchev–Trinajstić information content (AvgIpc) is 2.84. The number of ether oxygens (including phenoxy) is 4. The minimum Gasteiger partial charge on any atom is -0.455 e. The van der Waals surface area contributed by atoms with Gasteiger partial charge in [-0.25, -0.2) is 14.4 Å². The summed E-state index contributed by atoms with van der Waals surface area (Å²) in [4.78, 5) is 82.2. The fourth-order valence-corrected chi connectivity index (χ4v) is 4.65. The number of nitro groups is 1. The molecule has 0 bridgehead atoms. The van der Waals surface area contributed by atoms with E-state index in [1.165, 1.54) is 31.2 Å². The Hall–Kier alpha value is -3.92. The molecule has 2 amide bonds. The van der Waals surface area contributed by atoms with Crippen LogP contribution >= 0.6 is 23.4 Å². The molecule has 1 aromatic carbocycles. The van der Waals surface area contributed by atoms with Gasteiger partial charge in [0.25, 0.3) is 5.69 Å². The number of amides is 2. The number of β-lactam (4-membered cyclic amide) rings is 1. The van der Waals surface area contributed by atoms with Gasteiger partial charge >= 0.3 is 18.2 Å². The summed E-state index contributed by atoms with van der Waals surface area (Å²) in [6, 6.07) is 5.19. The maximum Gasteiger partial charge on any atom is 0.508 e. The lowest BCUT2D eigenvalue weighted by Crippen LogP contribution is -2.67. The van der Waals surface area contributed by atoms with Crippen molar-refractivity contribution in [3.63, 3.8) is 0 Å². The fourth-order valence-electron chi connectivity index (χ4n) is 3.08. The fraction of sp³-hybridized carbons (Fsp3) is 0.429.